The first-order chi connectivity index (χ1) is 20.2. The first-order valence-corrected chi connectivity index (χ1v) is 14.5. The number of ketones is 1. The number of hydrogen-bond acceptors (Lipinski definition) is 4. The van der Waals surface area contributed by atoms with Gasteiger partial charge < -0.3 is 10.2 Å². The van der Waals surface area contributed by atoms with E-state index in [0.29, 0.717) is 18.4 Å². The first kappa shape index (κ1) is 32.2. The number of aldehydes is 1. The van der Waals surface area contributed by atoms with E-state index in [-0.39, 0.29) is 17.1 Å². The molecule has 5 rings (SSSR count). The summed E-state index contributed by atoms with van der Waals surface area (Å²) in [5, 5.41) is 1.15. The number of rotatable bonds is 7. The zero-order chi connectivity index (χ0) is 30.7. The van der Waals surface area contributed by atoms with Gasteiger partial charge >= 0.3 is 0 Å². The number of aryl methyl sites for hydroxylation is 1. The molecule has 2 N–H and O–H groups in total. The Morgan fingerprint density at radius 2 is 1.48 bits per heavy atom. The van der Waals surface area contributed by atoms with Gasteiger partial charge in [-0.05, 0) is 54.6 Å². The summed E-state index contributed by atoms with van der Waals surface area (Å²) in [6.45, 7) is 10.6. The van der Waals surface area contributed by atoms with Crippen LogP contribution < -0.4 is 5.73 Å². The minimum Gasteiger partial charge on any atom is -0.456 e. The quantitative estimate of drug-likeness (QED) is 0.201. The lowest BCUT2D eigenvalue weighted by atomic mass is 9.83. The number of carbonyl (C=O) groups excluding carboxylic acids is 2. The molecule has 4 heteroatoms. The second-order valence-corrected chi connectivity index (χ2v) is 11.3. The molecule has 0 spiro atoms. The topological polar surface area (TPSA) is 73.3 Å². The highest BCUT2D eigenvalue weighted by Crippen LogP contribution is 2.29. The Morgan fingerprint density at radius 3 is 2.02 bits per heavy atom. The molecule has 5 aromatic rings. The van der Waals surface area contributed by atoms with Crippen LogP contribution in [-0.4, -0.2) is 19.1 Å². The van der Waals surface area contributed by atoms with Gasteiger partial charge in [0.05, 0.1) is 0 Å². The number of carbonyl (C=O) groups is 2. The van der Waals surface area contributed by atoms with Gasteiger partial charge in [-0.15, -0.1) is 0 Å². The summed E-state index contributed by atoms with van der Waals surface area (Å²) < 4.78 is 5.79. The standard InChI is InChI=1S/C22H26O2.C15H12O.CH5N/c1-5-21(24)20(14-16-6-8-17(15-23)9-7-16)18-10-12-19(13-11-18)22(2,3)4;1-11-6-8-12(9-7-11)15-10-13-4-2-3-5-14(13)16-15;1-2/h6-13,15,20H,5,14H2,1-4H3;2-10H,1H3;2H2,1H3. The Balaban J connectivity index is 0.000000232. The van der Waals surface area contributed by atoms with Crippen LogP contribution in [0.5, 0.6) is 0 Å². The Morgan fingerprint density at radius 1 is 0.857 bits per heavy atom. The second kappa shape index (κ2) is 15.1. The zero-order valence-corrected chi connectivity index (χ0v) is 25.7. The van der Waals surface area contributed by atoms with Gasteiger partial charge in [0.1, 0.15) is 23.4 Å². The predicted octanol–water partition coefficient (Wildman–Crippen LogP) is 9.09. The Hall–Kier alpha value is -4.28. The van der Waals surface area contributed by atoms with Crippen LogP contribution in [0.25, 0.3) is 22.3 Å². The Kier molecular flexibility index (Phi) is 11.6. The van der Waals surface area contributed by atoms with Crippen molar-refractivity contribution in [3.05, 3.63) is 131 Å². The molecule has 1 unspecified atom stereocenters. The number of fused-ring (bicyclic) bond motifs is 1. The largest absolute Gasteiger partial charge is 0.456 e. The van der Waals surface area contributed by atoms with E-state index in [1.165, 1.54) is 18.2 Å². The molecule has 218 valence electrons. The number of nitrogens with two attached hydrogens (primary N) is 1. The molecule has 42 heavy (non-hydrogen) atoms. The number of Topliss-reactive ketones (excluding diaryl/α,β-unsaturated/α-hetero) is 1. The van der Waals surface area contributed by atoms with Crippen molar-refractivity contribution in [2.75, 3.05) is 7.05 Å². The van der Waals surface area contributed by atoms with Gasteiger partial charge in [0.2, 0.25) is 0 Å². The number of hydrogen-bond donors (Lipinski definition) is 1. The van der Waals surface area contributed by atoms with Gasteiger partial charge in [-0.2, -0.15) is 0 Å². The van der Waals surface area contributed by atoms with Crippen LogP contribution in [0, 0.1) is 6.92 Å². The summed E-state index contributed by atoms with van der Waals surface area (Å²) in [5.74, 6) is 1.05. The lowest BCUT2D eigenvalue weighted by Gasteiger charge is -2.21. The smallest absolute Gasteiger partial charge is 0.150 e. The minimum atomic E-state index is -0.133. The molecule has 0 radical (unpaired) electrons. The molecule has 0 aliphatic rings. The Labute approximate surface area is 250 Å². The van der Waals surface area contributed by atoms with Crippen molar-refractivity contribution in [3.63, 3.8) is 0 Å². The van der Waals surface area contributed by atoms with Gasteiger partial charge in [-0.25, -0.2) is 0 Å². The summed E-state index contributed by atoms with van der Waals surface area (Å²) in [6.07, 6.45) is 2.03. The number of furan rings is 1. The monoisotopic (exact) mass is 561 g/mol. The van der Waals surface area contributed by atoms with Crippen molar-refractivity contribution < 1.29 is 14.0 Å². The maximum absolute atomic E-state index is 12.5. The molecule has 0 aliphatic carbocycles. The fourth-order valence-electron chi connectivity index (χ4n) is 4.69. The second-order valence-electron chi connectivity index (χ2n) is 11.3. The van der Waals surface area contributed by atoms with Crippen molar-refractivity contribution in [3.8, 4) is 11.3 Å². The summed E-state index contributed by atoms with van der Waals surface area (Å²) in [6, 6.07) is 34.4. The van der Waals surface area contributed by atoms with Crippen molar-refractivity contribution in [2.24, 2.45) is 5.73 Å². The van der Waals surface area contributed by atoms with E-state index in [1.54, 1.807) is 12.1 Å². The molecule has 0 fully saturated rings. The fourth-order valence-corrected chi connectivity index (χ4v) is 4.69. The van der Waals surface area contributed by atoms with Crippen LogP contribution >= 0.6 is 0 Å². The molecule has 1 heterocycles. The maximum atomic E-state index is 12.5. The normalized spacial score (nSPS) is 11.5. The van der Waals surface area contributed by atoms with Crippen LogP contribution in [0.15, 0.2) is 108 Å². The van der Waals surface area contributed by atoms with Crippen LogP contribution in [0.1, 0.15) is 72.6 Å². The first-order valence-electron chi connectivity index (χ1n) is 14.5. The molecule has 4 nitrogen and oxygen atoms in total. The van der Waals surface area contributed by atoms with Crippen LogP contribution in [0.3, 0.4) is 0 Å². The van der Waals surface area contributed by atoms with E-state index < -0.39 is 0 Å². The predicted molar refractivity (Wildman–Crippen MR) is 175 cm³/mol. The van der Waals surface area contributed by atoms with E-state index in [0.717, 1.165) is 39.7 Å². The summed E-state index contributed by atoms with van der Waals surface area (Å²) in [4.78, 5) is 23.2. The molecule has 4 aromatic carbocycles. The molecule has 1 aromatic heterocycles. The van der Waals surface area contributed by atoms with Gasteiger partial charge in [0.15, 0.2) is 0 Å². The molecule has 0 amide bonds. The highest BCUT2D eigenvalue weighted by atomic mass is 16.3. The van der Waals surface area contributed by atoms with Crippen LogP contribution in [0.2, 0.25) is 0 Å². The molecular formula is C38H43NO3. The van der Waals surface area contributed by atoms with Gasteiger partial charge in [-0.3, -0.25) is 9.59 Å². The van der Waals surface area contributed by atoms with E-state index in [2.05, 4.69) is 94.1 Å². The van der Waals surface area contributed by atoms with Crippen molar-refractivity contribution in [1.29, 1.82) is 0 Å². The third-order valence-electron chi connectivity index (χ3n) is 7.23. The van der Waals surface area contributed by atoms with Crippen molar-refractivity contribution in [2.45, 2.75) is 58.8 Å². The van der Waals surface area contributed by atoms with E-state index in [9.17, 15) is 9.59 Å². The van der Waals surface area contributed by atoms with E-state index in [4.69, 9.17) is 4.42 Å². The molecular weight excluding hydrogens is 518 g/mol. The molecule has 0 aliphatic heterocycles. The SMILES string of the molecule is CCC(=O)C(Cc1ccc(C=O)cc1)c1ccc(C(C)(C)C)cc1.CN.Cc1ccc(-c2cc3ccccc3o2)cc1. The van der Waals surface area contributed by atoms with Crippen molar-refractivity contribution in [1.82, 2.24) is 0 Å². The molecule has 1 atom stereocenters. The van der Waals surface area contributed by atoms with Gasteiger partial charge in [0.25, 0.3) is 0 Å². The van der Waals surface area contributed by atoms with E-state index >= 15 is 0 Å². The average Bonchev–Trinajstić information content (AvgIpc) is 3.45. The molecule has 0 bridgehead atoms. The maximum Gasteiger partial charge on any atom is 0.150 e. The average molecular weight is 562 g/mol. The summed E-state index contributed by atoms with van der Waals surface area (Å²) >= 11 is 0. The van der Waals surface area contributed by atoms with E-state index in [1.807, 2.05) is 37.3 Å². The minimum absolute atomic E-state index is 0.105. The van der Waals surface area contributed by atoms with Crippen LogP contribution in [-0.2, 0) is 16.6 Å². The Bertz CT molecular complexity index is 1520. The van der Waals surface area contributed by atoms with Crippen molar-refractivity contribution >= 4 is 23.0 Å². The highest BCUT2D eigenvalue weighted by Gasteiger charge is 2.21. The fraction of sp³-hybridized carbons (Fsp3) is 0.263. The zero-order valence-electron chi connectivity index (χ0n) is 25.7. The number of para-hydroxylation sites is 1. The van der Waals surface area contributed by atoms with Crippen LogP contribution in [0.4, 0.5) is 0 Å². The third-order valence-corrected chi connectivity index (χ3v) is 7.23. The summed E-state index contributed by atoms with van der Waals surface area (Å²) in [5.41, 5.74) is 12.0. The molecule has 0 saturated carbocycles. The van der Waals surface area contributed by atoms with Gasteiger partial charge in [-0.1, -0.05) is 124 Å². The lowest BCUT2D eigenvalue weighted by Crippen LogP contribution is -2.16. The summed E-state index contributed by atoms with van der Waals surface area (Å²) in [7, 11) is 1.50. The highest BCUT2D eigenvalue weighted by molar-refractivity contribution is 5.86. The molecule has 0 saturated heterocycles. The number of benzene rings is 4. The third kappa shape index (κ3) is 8.61. The van der Waals surface area contributed by atoms with Gasteiger partial charge in [0, 0.05) is 28.9 Å². The lowest BCUT2D eigenvalue weighted by molar-refractivity contribution is -0.120.